The van der Waals surface area contributed by atoms with Crippen molar-refractivity contribution in [3.05, 3.63) is 40.9 Å². The molecule has 0 spiro atoms. The van der Waals surface area contributed by atoms with Crippen molar-refractivity contribution in [1.82, 2.24) is 20.8 Å². The number of aromatic amines is 1. The standard InChI is InChI=1S/C14H16N4OS.ClH/c19-14(16-9-10-3-5-15-6-4-10)12-8-11(17-18-12)13-2-1-7-20-13;/h1-3,7-8,15H,4-6,9H2,(H,16,19)(H,17,18);1H. The molecule has 1 aliphatic heterocycles. The summed E-state index contributed by atoms with van der Waals surface area (Å²) in [6, 6.07) is 5.77. The molecule has 1 aliphatic rings. The third kappa shape index (κ3) is 3.93. The average molecular weight is 325 g/mol. The molecule has 2 aromatic heterocycles. The quantitative estimate of drug-likeness (QED) is 0.755. The van der Waals surface area contributed by atoms with Gasteiger partial charge in [-0.05, 0) is 30.5 Å². The van der Waals surface area contributed by atoms with Crippen molar-refractivity contribution >= 4 is 29.7 Å². The highest BCUT2D eigenvalue weighted by Crippen LogP contribution is 2.22. The van der Waals surface area contributed by atoms with E-state index in [1.165, 1.54) is 5.57 Å². The van der Waals surface area contributed by atoms with Crippen LogP contribution in [0.25, 0.3) is 10.6 Å². The van der Waals surface area contributed by atoms with E-state index in [1.807, 2.05) is 17.5 Å². The molecule has 7 heteroatoms. The van der Waals surface area contributed by atoms with E-state index in [2.05, 4.69) is 26.9 Å². The molecule has 3 N–H and O–H groups in total. The van der Waals surface area contributed by atoms with Crippen LogP contribution in [-0.4, -0.2) is 35.7 Å². The van der Waals surface area contributed by atoms with Crippen LogP contribution in [0.15, 0.2) is 35.2 Å². The van der Waals surface area contributed by atoms with Crippen molar-refractivity contribution < 1.29 is 4.79 Å². The normalized spacial score (nSPS) is 14.2. The summed E-state index contributed by atoms with van der Waals surface area (Å²) in [5.74, 6) is -0.136. The first-order valence-corrected chi connectivity index (χ1v) is 7.47. The van der Waals surface area contributed by atoms with Crippen LogP contribution in [0.4, 0.5) is 0 Å². The van der Waals surface area contributed by atoms with Gasteiger partial charge < -0.3 is 10.6 Å². The predicted octanol–water partition coefficient (Wildman–Crippen LogP) is 2.21. The largest absolute Gasteiger partial charge is 0.347 e. The van der Waals surface area contributed by atoms with Crippen molar-refractivity contribution in [2.75, 3.05) is 19.6 Å². The first-order chi connectivity index (χ1) is 9.83. The number of aromatic nitrogens is 2. The Morgan fingerprint density at radius 3 is 3.10 bits per heavy atom. The summed E-state index contributed by atoms with van der Waals surface area (Å²) in [5.41, 5.74) is 2.58. The maximum Gasteiger partial charge on any atom is 0.272 e. The van der Waals surface area contributed by atoms with Crippen LogP contribution in [0.2, 0.25) is 0 Å². The maximum atomic E-state index is 12.0. The molecule has 3 rings (SSSR count). The Labute approximate surface area is 133 Å². The molecule has 0 atom stereocenters. The van der Waals surface area contributed by atoms with Crippen molar-refractivity contribution in [2.45, 2.75) is 6.42 Å². The van der Waals surface area contributed by atoms with Crippen molar-refractivity contribution in [2.24, 2.45) is 0 Å². The summed E-state index contributed by atoms with van der Waals surface area (Å²) in [7, 11) is 0. The molecule has 21 heavy (non-hydrogen) atoms. The molecule has 1 amide bonds. The van der Waals surface area contributed by atoms with Gasteiger partial charge in [0.05, 0.1) is 10.6 Å². The van der Waals surface area contributed by atoms with Crippen molar-refractivity contribution in [1.29, 1.82) is 0 Å². The predicted molar refractivity (Wildman–Crippen MR) is 87.1 cm³/mol. The molecule has 0 bridgehead atoms. The fraction of sp³-hybridized carbons (Fsp3) is 0.286. The lowest BCUT2D eigenvalue weighted by Gasteiger charge is -2.14. The number of nitrogens with one attached hydrogen (secondary N) is 3. The Morgan fingerprint density at radius 1 is 1.48 bits per heavy atom. The van der Waals surface area contributed by atoms with Gasteiger partial charge in [0, 0.05) is 13.1 Å². The molecule has 112 valence electrons. The highest BCUT2D eigenvalue weighted by molar-refractivity contribution is 7.13. The van der Waals surface area contributed by atoms with Crippen LogP contribution in [-0.2, 0) is 0 Å². The number of halogens is 1. The Bertz CT molecular complexity index is 621. The van der Waals surface area contributed by atoms with Gasteiger partial charge in [-0.2, -0.15) is 5.10 Å². The van der Waals surface area contributed by atoms with Crippen molar-refractivity contribution in [3.8, 4) is 10.6 Å². The summed E-state index contributed by atoms with van der Waals surface area (Å²) in [5, 5.41) is 15.1. The van der Waals surface area contributed by atoms with Crippen LogP contribution in [0.5, 0.6) is 0 Å². The molecular weight excluding hydrogens is 308 g/mol. The van der Waals surface area contributed by atoms with E-state index in [0.717, 1.165) is 30.1 Å². The van der Waals surface area contributed by atoms with Gasteiger partial charge in [-0.25, -0.2) is 0 Å². The molecule has 0 aromatic carbocycles. The number of H-pyrrole nitrogens is 1. The van der Waals surface area contributed by atoms with E-state index in [0.29, 0.717) is 12.2 Å². The lowest BCUT2D eigenvalue weighted by Crippen LogP contribution is -2.29. The number of rotatable bonds is 4. The third-order valence-corrected chi connectivity index (χ3v) is 4.13. The Kier molecular flexibility index (Phi) is 5.55. The molecule has 0 saturated heterocycles. The summed E-state index contributed by atoms with van der Waals surface area (Å²) in [4.78, 5) is 13.1. The van der Waals surface area contributed by atoms with Gasteiger partial charge in [-0.15, -0.1) is 23.7 Å². The van der Waals surface area contributed by atoms with Crippen LogP contribution in [0.3, 0.4) is 0 Å². The molecule has 3 heterocycles. The number of carbonyl (C=O) groups is 1. The topological polar surface area (TPSA) is 69.8 Å². The number of hydrogen-bond donors (Lipinski definition) is 3. The summed E-state index contributed by atoms with van der Waals surface area (Å²) in [6.07, 6.45) is 3.12. The third-order valence-electron chi connectivity index (χ3n) is 3.23. The Morgan fingerprint density at radius 2 is 2.38 bits per heavy atom. The second-order valence-electron chi connectivity index (χ2n) is 4.64. The zero-order valence-corrected chi connectivity index (χ0v) is 13.0. The van der Waals surface area contributed by atoms with Crippen molar-refractivity contribution in [3.63, 3.8) is 0 Å². The summed E-state index contributed by atoms with van der Waals surface area (Å²) in [6.45, 7) is 2.46. The van der Waals surface area contributed by atoms with E-state index in [-0.39, 0.29) is 18.3 Å². The first kappa shape index (κ1) is 15.8. The molecule has 2 aromatic rings. The second-order valence-corrected chi connectivity index (χ2v) is 5.59. The van der Waals surface area contributed by atoms with Gasteiger partial charge in [-0.1, -0.05) is 17.7 Å². The van der Waals surface area contributed by atoms with E-state index < -0.39 is 0 Å². The number of carbonyl (C=O) groups excluding carboxylic acids is 1. The molecular formula is C14H17ClN4OS. The van der Waals surface area contributed by atoms with Crippen LogP contribution >= 0.6 is 23.7 Å². The summed E-state index contributed by atoms with van der Waals surface area (Å²) >= 11 is 1.62. The van der Waals surface area contributed by atoms with E-state index in [4.69, 9.17) is 0 Å². The minimum atomic E-state index is -0.136. The fourth-order valence-electron chi connectivity index (χ4n) is 2.11. The molecule has 0 aliphatic carbocycles. The number of nitrogens with zero attached hydrogens (tertiary/aromatic N) is 1. The van der Waals surface area contributed by atoms with E-state index in [1.54, 1.807) is 17.4 Å². The van der Waals surface area contributed by atoms with Gasteiger partial charge in [0.2, 0.25) is 0 Å². The summed E-state index contributed by atoms with van der Waals surface area (Å²) < 4.78 is 0. The molecule has 0 saturated carbocycles. The van der Waals surface area contributed by atoms with E-state index in [9.17, 15) is 4.79 Å². The Hall–Kier alpha value is -1.63. The lowest BCUT2D eigenvalue weighted by molar-refractivity contribution is 0.0951. The van der Waals surface area contributed by atoms with Gasteiger partial charge >= 0.3 is 0 Å². The second kappa shape index (κ2) is 7.40. The van der Waals surface area contributed by atoms with Crippen LogP contribution in [0.1, 0.15) is 16.9 Å². The number of thiophene rings is 1. The number of hydrogen-bond acceptors (Lipinski definition) is 4. The highest BCUT2D eigenvalue weighted by atomic mass is 35.5. The maximum absolute atomic E-state index is 12.0. The highest BCUT2D eigenvalue weighted by Gasteiger charge is 2.12. The first-order valence-electron chi connectivity index (χ1n) is 6.59. The zero-order valence-electron chi connectivity index (χ0n) is 11.4. The minimum absolute atomic E-state index is 0. The molecule has 0 fully saturated rings. The molecule has 0 radical (unpaired) electrons. The van der Waals surface area contributed by atoms with Gasteiger partial charge in [0.15, 0.2) is 5.69 Å². The van der Waals surface area contributed by atoms with Gasteiger partial charge in [0.1, 0.15) is 0 Å². The smallest absolute Gasteiger partial charge is 0.272 e. The minimum Gasteiger partial charge on any atom is -0.347 e. The monoisotopic (exact) mass is 324 g/mol. The zero-order chi connectivity index (χ0) is 13.8. The number of amides is 1. The molecule has 0 unspecified atom stereocenters. The fourth-order valence-corrected chi connectivity index (χ4v) is 2.80. The lowest BCUT2D eigenvalue weighted by atomic mass is 10.1. The van der Waals surface area contributed by atoms with Gasteiger partial charge in [0.25, 0.3) is 5.91 Å². The van der Waals surface area contributed by atoms with Gasteiger partial charge in [-0.3, -0.25) is 9.89 Å². The van der Waals surface area contributed by atoms with Crippen LogP contribution in [0, 0.1) is 0 Å². The average Bonchev–Trinajstić information content (AvgIpc) is 3.16. The SMILES string of the molecule is Cl.O=C(NCC1=CCNCC1)c1cc(-c2cccs2)[nH]n1. The van der Waals surface area contributed by atoms with Crippen LogP contribution < -0.4 is 10.6 Å². The molecule has 5 nitrogen and oxygen atoms in total. The Balaban J connectivity index is 0.00000161. The van der Waals surface area contributed by atoms with E-state index >= 15 is 0 Å².